The van der Waals surface area contributed by atoms with Crippen molar-refractivity contribution in [3.8, 4) is 5.75 Å². The normalized spacial score (nSPS) is 27.3. The maximum atomic E-state index is 13.0. The maximum Gasteiger partial charge on any atom is 0.254 e. The Hall–Kier alpha value is -2.45. The third-order valence-corrected chi connectivity index (χ3v) is 5.38. The molecule has 1 saturated heterocycles. The van der Waals surface area contributed by atoms with E-state index in [-0.39, 0.29) is 6.54 Å². The fraction of sp³-hybridized carbons (Fsp3) is 0.435. The quantitative estimate of drug-likeness (QED) is 0.660. The number of aliphatic hydroxyl groups excluding tert-OH is 3. The molecule has 0 saturated carbocycles. The number of carbonyl (C=O) groups excluding carboxylic acids is 1. The van der Waals surface area contributed by atoms with Crippen molar-refractivity contribution in [2.75, 3.05) is 13.6 Å². The van der Waals surface area contributed by atoms with Gasteiger partial charge in [0.1, 0.15) is 30.2 Å². The van der Waals surface area contributed by atoms with Crippen LogP contribution in [-0.2, 0) is 9.53 Å². The second-order valence-electron chi connectivity index (χ2n) is 7.78. The van der Waals surface area contributed by atoms with Gasteiger partial charge in [-0.1, -0.05) is 48.0 Å². The monoisotopic (exact) mass is 415 g/mol. The zero-order valence-corrected chi connectivity index (χ0v) is 17.4. The van der Waals surface area contributed by atoms with Crippen molar-refractivity contribution in [3.63, 3.8) is 0 Å². The Balaban J connectivity index is 1.76. The van der Waals surface area contributed by atoms with Crippen molar-refractivity contribution < 1.29 is 29.6 Å². The van der Waals surface area contributed by atoms with E-state index in [9.17, 15) is 20.1 Å². The number of rotatable bonds is 6. The summed E-state index contributed by atoms with van der Waals surface area (Å²) in [5, 5.41) is 30.1. The zero-order valence-electron chi connectivity index (χ0n) is 17.4. The van der Waals surface area contributed by atoms with E-state index in [2.05, 4.69) is 0 Å². The van der Waals surface area contributed by atoms with Crippen molar-refractivity contribution >= 4 is 5.91 Å². The number of nitrogens with zero attached hydrogens (tertiary/aromatic N) is 1. The topological polar surface area (TPSA) is 99.5 Å². The second-order valence-corrected chi connectivity index (χ2v) is 7.78. The van der Waals surface area contributed by atoms with Gasteiger partial charge in [0.2, 0.25) is 0 Å². The molecular weight excluding hydrogens is 386 g/mol. The van der Waals surface area contributed by atoms with Crippen LogP contribution in [0.1, 0.15) is 24.2 Å². The van der Waals surface area contributed by atoms with E-state index in [1.54, 1.807) is 14.0 Å². The first-order chi connectivity index (χ1) is 14.3. The van der Waals surface area contributed by atoms with Gasteiger partial charge < -0.3 is 29.7 Å². The van der Waals surface area contributed by atoms with Crippen LogP contribution in [-0.4, -0.2) is 70.2 Å². The number of aryl methyl sites for hydroxylation is 1. The minimum absolute atomic E-state index is 0.205. The molecule has 1 amide bonds. The first-order valence-electron chi connectivity index (χ1n) is 10.0. The molecule has 0 radical (unpaired) electrons. The maximum absolute atomic E-state index is 13.0. The van der Waals surface area contributed by atoms with Crippen LogP contribution in [0.25, 0.3) is 0 Å². The summed E-state index contributed by atoms with van der Waals surface area (Å²) in [4.78, 5) is 14.4. The summed E-state index contributed by atoms with van der Waals surface area (Å²) in [5.74, 6) is 0.185. The van der Waals surface area contributed by atoms with Crippen LogP contribution < -0.4 is 4.74 Å². The molecule has 0 spiro atoms. The Morgan fingerprint density at radius 2 is 1.67 bits per heavy atom. The van der Waals surface area contributed by atoms with Gasteiger partial charge in [0, 0.05) is 7.05 Å². The van der Waals surface area contributed by atoms with Crippen molar-refractivity contribution in [2.24, 2.45) is 0 Å². The molecule has 0 bridgehead atoms. The minimum atomic E-state index is -1.51. The van der Waals surface area contributed by atoms with E-state index >= 15 is 0 Å². The first-order valence-corrected chi connectivity index (χ1v) is 10.0. The molecule has 1 fully saturated rings. The van der Waals surface area contributed by atoms with Crippen molar-refractivity contribution in [2.45, 2.75) is 50.5 Å². The van der Waals surface area contributed by atoms with Gasteiger partial charge in [0.05, 0.1) is 12.6 Å². The van der Waals surface area contributed by atoms with E-state index in [4.69, 9.17) is 9.47 Å². The van der Waals surface area contributed by atoms with Crippen molar-refractivity contribution in [1.82, 2.24) is 4.90 Å². The number of benzene rings is 2. The molecule has 7 nitrogen and oxygen atoms in total. The predicted octanol–water partition coefficient (Wildman–Crippen LogP) is 1.44. The molecule has 6 unspecified atom stereocenters. The SMILES string of the molecule is Cc1ccc(OC(CN(C)C(=O)C2OC(C)C(O)C(O)C2O)c2ccccc2)cc1. The predicted molar refractivity (Wildman–Crippen MR) is 111 cm³/mol. The molecule has 1 aliphatic rings. The average molecular weight is 415 g/mol. The van der Waals surface area contributed by atoms with Gasteiger partial charge in [-0.2, -0.15) is 0 Å². The average Bonchev–Trinajstić information content (AvgIpc) is 2.75. The van der Waals surface area contributed by atoms with E-state index < -0.39 is 42.5 Å². The van der Waals surface area contributed by atoms with E-state index in [1.165, 1.54) is 4.90 Å². The molecular formula is C23H29NO6. The highest BCUT2D eigenvalue weighted by Crippen LogP contribution is 2.26. The Morgan fingerprint density at radius 3 is 2.30 bits per heavy atom. The molecule has 0 aromatic heterocycles. The van der Waals surface area contributed by atoms with E-state index in [1.807, 2.05) is 61.5 Å². The van der Waals surface area contributed by atoms with Crippen molar-refractivity contribution in [3.05, 3.63) is 65.7 Å². The summed E-state index contributed by atoms with van der Waals surface area (Å²) in [6.45, 7) is 3.75. The fourth-order valence-electron chi connectivity index (χ4n) is 3.47. The molecule has 0 aliphatic carbocycles. The highest BCUT2D eigenvalue weighted by molar-refractivity contribution is 5.81. The van der Waals surface area contributed by atoms with Gasteiger partial charge in [0.25, 0.3) is 5.91 Å². The standard InChI is InChI=1S/C23H29NO6/c1-14-9-11-17(12-10-14)30-18(16-7-5-4-6-8-16)13-24(3)23(28)22-21(27)20(26)19(25)15(2)29-22/h4-12,15,18-22,25-27H,13H2,1-3H3. The van der Waals surface area contributed by atoms with Crippen LogP contribution in [0.4, 0.5) is 0 Å². The van der Waals surface area contributed by atoms with Gasteiger partial charge >= 0.3 is 0 Å². The largest absolute Gasteiger partial charge is 0.484 e. The summed E-state index contributed by atoms with van der Waals surface area (Å²) < 4.78 is 11.7. The number of aliphatic hydroxyl groups is 3. The Morgan fingerprint density at radius 1 is 1.03 bits per heavy atom. The smallest absolute Gasteiger partial charge is 0.254 e. The fourth-order valence-corrected chi connectivity index (χ4v) is 3.47. The number of hydrogen-bond donors (Lipinski definition) is 3. The number of carbonyl (C=O) groups is 1. The highest BCUT2D eigenvalue weighted by atomic mass is 16.5. The van der Waals surface area contributed by atoms with Gasteiger partial charge in [-0.05, 0) is 31.5 Å². The molecule has 1 aliphatic heterocycles. The Bertz CT molecular complexity index is 827. The molecule has 30 heavy (non-hydrogen) atoms. The zero-order chi connectivity index (χ0) is 21.8. The molecule has 1 heterocycles. The first kappa shape index (κ1) is 22.2. The molecule has 162 valence electrons. The minimum Gasteiger partial charge on any atom is -0.484 e. The number of hydrogen-bond acceptors (Lipinski definition) is 6. The van der Waals surface area contributed by atoms with E-state index in [0.717, 1.165) is 11.1 Å². The molecule has 2 aromatic carbocycles. The van der Waals surface area contributed by atoms with Crippen LogP contribution in [0, 0.1) is 6.92 Å². The lowest BCUT2D eigenvalue weighted by molar-refractivity contribution is -0.220. The Labute approximate surface area is 176 Å². The van der Waals surface area contributed by atoms with Crippen LogP contribution in [0.15, 0.2) is 54.6 Å². The lowest BCUT2D eigenvalue weighted by Crippen LogP contribution is -2.61. The summed E-state index contributed by atoms with van der Waals surface area (Å²) in [5.41, 5.74) is 2.01. The number of amides is 1. The van der Waals surface area contributed by atoms with Crippen LogP contribution >= 0.6 is 0 Å². The van der Waals surface area contributed by atoms with E-state index in [0.29, 0.717) is 5.75 Å². The van der Waals surface area contributed by atoms with Crippen LogP contribution in [0.5, 0.6) is 5.75 Å². The second kappa shape index (κ2) is 9.57. The molecule has 3 N–H and O–H groups in total. The van der Waals surface area contributed by atoms with Gasteiger partial charge in [-0.15, -0.1) is 0 Å². The molecule has 7 heteroatoms. The number of ether oxygens (including phenoxy) is 2. The summed E-state index contributed by atoms with van der Waals surface area (Å²) in [7, 11) is 1.59. The van der Waals surface area contributed by atoms with Crippen LogP contribution in [0.3, 0.4) is 0 Å². The summed E-state index contributed by atoms with van der Waals surface area (Å²) in [6, 6.07) is 17.2. The van der Waals surface area contributed by atoms with Gasteiger partial charge in [0.15, 0.2) is 6.10 Å². The number of likely N-dealkylation sites (N-methyl/N-ethyl adjacent to an activating group) is 1. The third kappa shape index (κ3) is 4.99. The summed E-state index contributed by atoms with van der Waals surface area (Å²) in [6.07, 6.45) is -6.71. The van der Waals surface area contributed by atoms with Gasteiger partial charge in [-0.3, -0.25) is 4.79 Å². The molecule has 3 rings (SSSR count). The van der Waals surface area contributed by atoms with Crippen LogP contribution in [0.2, 0.25) is 0 Å². The lowest BCUT2D eigenvalue weighted by Gasteiger charge is -2.40. The van der Waals surface area contributed by atoms with Crippen molar-refractivity contribution in [1.29, 1.82) is 0 Å². The molecule has 2 aromatic rings. The van der Waals surface area contributed by atoms with Gasteiger partial charge in [-0.25, -0.2) is 0 Å². The lowest BCUT2D eigenvalue weighted by atomic mass is 9.95. The third-order valence-electron chi connectivity index (χ3n) is 5.38. The summed E-state index contributed by atoms with van der Waals surface area (Å²) >= 11 is 0. The molecule has 6 atom stereocenters. The highest BCUT2D eigenvalue weighted by Gasteiger charge is 2.46. The Kier molecular flexibility index (Phi) is 7.10.